The molecule has 19 heavy (non-hydrogen) atoms. The zero-order valence-corrected chi connectivity index (χ0v) is 11.7. The van der Waals surface area contributed by atoms with Crippen LogP contribution >= 0.6 is 0 Å². The van der Waals surface area contributed by atoms with E-state index < -0.39 is 0 Å². The number of anilines is 2. The fraction of sp³-hybridized carbons (Fsp3) is 0.312. The van der Waals surface area contributed by atoms with Gasteiger partial charge in [0.25, 0.3) is 0 Å². The molecule has 0 fully saturated rings. The van der Waals surface area contributed by atoms with Crippen molar-refractivity contribution in [1.82, 2.24) is 4.98 Å². The topological polar surface area (TPSA) is 36.4 Å². The summed E-state index contributed by atoms with van der Waals surface area (Å²) >= 11 is 0. The van der Waals surface area contributed by atoms with Crippen molar-refractivity contribution in [3.05, 3.63) is 53.3 Å². The largest absolute Gasteiger partial charge is 0.392 e. The number of aryl methyl sites for hydroxylation is 2. The van der Waals surface area contributed by atoms with Gasteiger partial charge in [-0.3, -0.25) is 4.98 Å². The molecule has 2 aromatic rings. The first-order chi connectivity index (χ1) is 9.15. The molecule has 1 aromatic carbocycles. The maximum Gasteiger partial charge on any atom is 0.0717 e. The third-order valence-corrected chi connectivity index (χ3v) is 3.22. The SMILES string of the molecule is CCN(c1ccc(C)cc1)c1cc(C)ncc1CO. The van der Waals surface area contributed by atoms with Crippen molar-refractivity contribution in [2.75, 3.05) is 11.4 Å². The van der Waals surface area contributed by atoms with Crippen molar-refractivity contribution in [1.29, 1.82) is 0 Å². The monoisotopic (exact) mass is 256 g/mol. The lowest BCUT2D eigenvalue weighted by Gasteiger charge is -2.25. The van der Waals surface area contributed by atoms with Crippen LogP contribution in [-0.2, 0) is 6.61 Å². The number of aromatic nitrogens is 1. The Morgan fingerprint density at radius 3 is 2.42 bits per heavy atom. The maximum atomic E-state index is 9.48. The predicted molar refractivity (Wildman–Crippen MR) is 78.8 cm³/mol. The third-order valence-electron chi connectivity index (χ3n) is 3.22. The highest BCUT2D eigenvalue weighted by molar-refractivity contribution is 5.66. The molecule has 3 nitrogen and oxygen atoms in total. The lowest BCUT2D eigenvalue weighted by Crippen LogP contribution is -2.18. The van der Waals surface area contributed by atoms with Crippen LogP contribution in [0.1, 0.15) is 23.7 Å². The highest BCUT2D eigenvalue weighted by Crippen LogP contribution is 2.28. The minimum absolute atomic E-state index is 0.00494. The van der Waals surface area contributed by atoms with Gasteiger partial charge in [-0.25, -0.2) is 0 Å². The summed E-state index contributed by atoms with van der Waals surface area (Å²) in [7, 11) is 0. The van der Waals surface area contributed by atoms with Crippen LogP contribution in [0.2, 0.25) is 0 Å². The second-order valence-corrected chi connectivity index (χ2v) is 4.69. The first-order valence-corrected chi connectivity index (χ1v) is 6.56. The summed E-state index contributed by atoms with van der Waals surface area (Å²) in [4.78, 5) is 6.44. The van der Waals surface area contributed by atoms with Crippen LogP contribution in [-0.4, -0.2) is 16.6 Å². The van der Waals surface area contributed by atoms with E-state index in [2.05, 4.69) is 48.0 Å². The third kappa shape index (κ3) is 2.93. The fourth-order valence-corrected chi connectivity index (χ4v) is 2.16. The Morgan fingerprint density at radius 2 is 1.84 bits per heavy atom. The number of nitrogens with zero attached hydrogens (tertiary/aromatic N) is 2. The number of rotatable bonds is 4. The van der Waals surface area contributed by atoms with Gasteiger partial charge >= 0.3 is 0 Å². The van der Waals surface area contributed by atoms with Gasteiger partial charge in [-0.1, -0.05) is 17.7 Å². The smallest absolute Gasteiger partial charge is 0.0717 e. The van der Waals surface area contributed by atoms with Crippen LogP contribution in [0.15, 0.2) is 36.5 Å². The van der Waals surface area contributed by atoms with Crippen LogP contribution in [0.5, 0.6) is 0 Å². The van der Waals surface area contributed by atoms with Crippen LogP contribution in [0, 0.1) is 13.8 Å². The molecular formula is C16H20N2O. The molecule has 0 atom stereocenters. The highest BCUT2D eigenvalue weighted by atomic mass is 16.3. The Balaban J connectivity index is 2.47. The van der Waals surface area contributed by atoms with Gasteiger partial charge < -0.3 is 10.0 Å². The lowest BCUT2D eigenvalue weighted by atomic mass is 10.1. The maximum absolute atomic E-state index is 9.48. The van der Waals surface area contributed by atoms with Crippen molar-refractivity contribution in [2.24, 2.45) is 0 Å². The molecule has 0 spiro atoms. The summed E-state index contributed by atoms with van der Waals surface area (Å²) in [5.41, 5.74) is 5.22. The van der Waals surface area contributed by atoms with E-state index in [0.717, 1.165) is 29.2 Å². The Kier molecular flexibility index (Phi) is 4.17. The quantitative estimate of drug-likeness (QED) is 0.911. The number of hydrogen-bond donors (Lipinski definition) is 1. The Hall–Kier alpha value is -1.87. The second-order valence-electron chi connectivity index (χ2n) is 4.69. The molecule has 3 heteroatoms. The van der Waals surface area contributed by atoms with Gasteiger partial charge in [0.2, 0.25) is 0 Å². The molecule has 0 aliphatic rings. The lowest BCUT2D eigenvalue weighted by molar-refractivity contribution is 0.281. The second kappa shape index (κ2) is 5.85. The fourth-order valence-electron chi connectivity index (χ4n) is 2.16. The zero-order valence-electron chi connectivity index (χ0n) is 11.7. The average Bonchev–Trinajstić information content (AvgIpc) is 2.42. The number of aliphatic hydroxyl groups excluding tert-OH is 1. The van der Waals surface area contributed by atoms with Gasteiger partial charge in [0.1, 0.15) is 0 Å². The summed E-state index contributed by atoms with van der Waals surface area (Å²) < 4.78 is 0. The van der Waals surface area contributed by atoms with Gasteiger partial charge in [-0.2, -0.15) is 0 Å². The van der Waals surface area contributed by atoms with E-state index in [0.29, 0.717) is 0 Å². The molecule has 0 aliphatic carbocycles. The van der Waals surface area contributed by atoms with Gasteiger partial charge in [0.05, 0.1) is 6.61 Å². The molecule has 0 amide bonds. The van der Waals surface area contributed by atoms with E-state index in [9.17, 15) is 5.11 Å². The Bertz CT molecular complexity index is 549. The highest BCUT2D eigenvalue weighted by Gasteiger charge is 2.12. The van der Waals surface area contributed by atoms with Crippen LogP contribution in [0.4, 0.5) is 11.4 Å². The number of aliphatic hydroxyl groups is 1. The normalized spacial score (nSPS) is 10.5. The molecule has 0 saturated carbocycles. The molecule has 1 heterocycles. The van der Waals surface area contributed by atoms with Crippen molar-refractivity contribution < 1.29 is 5.11 Å². The Morgan fingerprint density at radius 1 is 1.16 bits per heavy atom. The van der Waals surface area contributed by atoms with E-state index in [-0.39, 0.29) is 6.61 Å². The molecule has 1 N–H and O–H groups in total. The molecule has 100 valence electrons. The summed E-state index contributed by atoms with van der Waals surface area (Å²) in [6, 6.07) is 10.4. The molecule has 2 rings (SSSR count). The van der Waals surface area contributed by atoms with Crippen LogP contribution < -0.4 is 4.90 Å². The van der Waals surface area contributed by atoms with E-state index >= 15 is 0 Å². The minimum atomic E-state index is 0.00494. The standard InChI is InChI=1S/C16H20N2O/c1-4-18(15-7-5-12(2)6-8-15)16-9-13(3)17-10-14(16)11-19/h5-10,19H,4,11H2,1-3H3. The molecule has 0 aliphatic heterocycles. The number of hydrogen-bond acceptors (Lipinski definition) is 3. The number of benzene rings is 1. The van der Waals surface area contributed by atoms with Crippen LogP contribution in [0.25, 0.3) is 0 Å². The molecule has 0 bridgehead atoms. The van der Waals surface area contributed by atoms with Gasteiger partial charge in [-0.05, 0) is 39.0 Å². The summed E-state index contributed by atoms with van der Waals surface area (Å²) in [6.07, 6.45) is 1.75. The van der Waals surface area contributed by atoms with Crippen molar-refractivity contribution in [3.63, 3.8) is 0 Å². The molecule has 1 aromatic heterocycles. The molecular weight excluding hydrogens is 236 g/mol. The van der Waals surface area contributed by atoms with Crippen molar-refractivity contribution >= 4 is 11.4 Å². The zero-order chi connectivity index (χ0) is 13.8. The predicted octanol–water partition coefficient (Wildman–Crippen LogP) is 3.35. The first kappa shape index (κ1) is 13.6. The summed E-state index contributed by atoms with van der Waals surface area (Å²) in [5, 5.41) is 9.48. The van der Waals surface area contributed by atoms with Crippen molar-refractivity contribution in [3.8, 4) is 0 Å². The average molecular weight is 256 g/mol. The van der Waals surface area contributed by atoms with Gasteiger partial charge in [0.15, 0.2) is 0 Å². The van der Waals surface area contributed by atoms with Crippen LogP contribution in [0.3, 0.4) is 0 Å². The van der Waals surface area contributed by atoms with E-state index in [1.807, 2.05) is 13.0 Å². The molecule has 0 saturated heterocycles. The summed E-state index contributed by atoms with van der Waals surface area (Å²) in [6.45, 7) is 7.00. The van der Waals surface area contributed by atoms with E-state index in [1.54, 1.807) is 6.20 Å². The first-order valence-electron chi connectivity index (χ1n) is 6.56. The van der Waals surface area contributed by atoms with E-state index in [1.165, 1.54) is 5.56 Å². The van der Waals surface area contributed by atoms with Gasteiger partial charge in [0, 0.05) is 35.4 Å². The minimum Gasteiger partial charge on any atom is -0.392 e. The Labute approximate surface area is 114 Å². The number of pyridine rings is 1. The van der Waals surface area contributed by atoms with Gasteiger partial charge in [-0.15, -0.1) is 0 Å². The van der Waals surface area contributed by atoms with Crippen molar-refractivity contribution in [2.45, 2.75) is 27.4 Å². The summed E-state index contributed by atoms with van der Waals surface area (Å²) in [5.74, 6) is 0. The molecule has 0 unspecified atom stereocenters. The van der Waals surface area contributed by atoms with E-state index in [4.69, 9.17) is 0 Å². The molecule has 0 radical (unpaired) electrons.